The average Bonchev–Trinajstić information content (AvgIpc) is 3.54. The number of nitrogens with zero attached hydrogens (tertiary/aromatic N) is 6. The number of fused-ring (bicyclic) bond motifs is 1. The number of aliphatic hydroxyl groups is 1. The fourth-order valence-corrected chi connectivity index (χ4v) is 4.34. The lowest BCUT2D eigenvalue weighted by Crippen LogP contribution is -2.38. The van der Waals surface area contributed by atoms with Gasteiger partial charge in [0.15, 0.2) is 11.6 Å². The van der Waals surface area contributed by atoms with Crippen molar-refractivity contribution < 1.29 is 27.5 Å². The van der Waals surface area contributed by atoms with Crippen molar-refractivity contribution in [2.45, 2.75) is 37.6 Å². The van der Waals surface area contributed by atoms with Crippen molar-refractivity contribution in [2.75, 3.05) is 23.3 Å². The number of alkyl halides is 3. The standard InChI is InChI=1S/C23H21F4N7O2/c24-19-4-3-13(10-28-19)6-18(36)17-8-15(35)12-33(17)22-31-21(16-2-1-5-34(16)32-22)30-20-7-14(11-29-20)9-23(25,26)27/h1-5,7,10,15,17,35H,6,8-9,11-12H2,(H,29,30,31,32)/t15-,17-/m0/s1. The second kappa shape index (κ2) is 9.30. The summed E-state index contributed by atoms with van der Waals surface area (Å²) in [5.74, 6) is -0.176. The van der Waals surface area contributed by atoms with Gasteiger partial charge in [-0.15, -0.1) is 5.10 Å². The van der Waals surface area contributed by atoms with E-state index in [-0.39, 0.29) is 49.1 Å². The van der Waals surface area contributed by atoms with Crippen LogP contribution in [-0.2, 0) is 11.2 Å². The number of amidine groups is 1. The van der Waals surface area contributed by atoms with Crippen molar-refractivity contribution in [3.05, 3.63) is 59.8 Å². The van der Waals surface area contributed by atoms with E-state index >= 15 is 0 Å². The van der Waals surface area contributed by atoms with Crippen molar-refractivity contribution in [3.8, 4) is 0 Å². The third-order valence-electron chi connectivity index (χ3n) is 5.92. The molecule has 0 amide bonds. The molecule has 9 nitrogen and oxygen atoms in total. The van der Waals surface area contributed by atoms with Gasteiger partial charge in [-0.1, -0.05) is 6.07 Å². The van der Waals surface area contributed by atoms with Gasteiger partial charge in [-0.25, -0.2) is 9.50 Å². The molecule has 2 aliphatic heterocycles. The molecule has 0 aromatic carbocycles. The van der Waals surface area contributed by atoms with Gasteiger partial charge in [0.1, 0.15) is 11.4 Å². The van der Waals surface area contributed by atoms with E-state index in [0.29, 0.717) is 16.9 Å². The summed E-state index contributed by atoms with van der Waals surface area (Å²) in [6.07, 6.45) is -1.71. The van der Waals surface area contributed by atoms with Crippen LogP contribution in [0.25, 0.3) is 5.52 Å². The molecule has 3 aromatic rings. The molecule has 5 rings (SSSR count). The summed E-state index contributed by atoms with van der Waals surface area (Å²) in [7, 11) is 0. The largest absolute Gasteiger partial charge is 0.392 e. The zero-order chi connectivity index (χ0) is 25.4. The molecule has 0 saturated carbocycles. The Kier molecular flexibility index (Phi) is 6.16. The third kappa shape index (κ3) is 5.20. The smallest absolute Gasteiger partial charge is 0.391 e. The number of β-amino-alcohol motifs (C(OH)–C–C–N with tert-alkyl or cyclic N) is 1. The first-order valence-corrected chi connectivity index (χ1v) is 11.2. The number of pyridine rings is 1. The van der Waals surface area contributed by atoms with Crippen molar-refractivity contribution >= 4 is 28.9 Å². The highest BCUT2D eigenvalue weighted by molar-refractivity contribution is 6.07. The van der Waals surface area contributed by atoms with Crippen LogP contribution in [0.15, 0.2) is 53.3 Å². The van der Waals surface area contributed by atoms with Crippen LogP contribution in [0.2, 0.25) is 0 Å². The Morgan fingerprint density at radius 1 is 1.25 bits per heavy atom. The Morgan fingerprint density at radius 2 is 2.08 bits per heavy atom. The van der Waals surface area contributed by atoms with Gasteiger partial charge in [-0.2, -0.15) is 22.5 Å². The van der Waals surface area contributed by atoms with Gasteiger partial charge in [0.25, 0.3) is 0 Å². The molecule has 0 radical (unpaired) electrons. The summed E-state index contributed by atoms with van der Waals surface area (Å²) in [4.78, 5) is 26.9. The van der Waals surface area contributed by atoms with Gasteiger partial charge in [-0.3, -0.25) is 9.79 Å². The van der Waals surface area contributed by atoms with Gasteiger partial charge in [-0.05, 0) is 35.4 Å². The second-order valence-corrected chi connectivity index (χ2v) is 8.71. The van der Waals surface area contributed by atoms with Gasteiger partial charge in [0.05, 0.1) is 25.1 Å². The minimum atomic E-state index is -4.32. The number of Topliss-reactive ketones (excluding diaryl/α,β-unsaturated/α-hetero) is 1. The van der Waals surface area contributed by atoms with Crippen molar-refractivity contribution in [3.63, 3.8) is 0 Å². The first-order valence-electron chi connectivity index (χ1n) is 11.2. The summed E-state index contributed by atoms with van der Waals surface area (Å²) >= 11 is 0. The number of rotatable bonds is 6. The van der Waals surface area contributed by atoms with E-state index in [1.165, 1.54) is 28.9 Å². The van der Waals surface area contributed by atoms with E-state index in [0.717, 1.165) is 0 Å². The Labute approximate surface area is 202 Å². The minimum Gasteiger partial charge on any atom is -0.391 e. The molecule has 36 heavy (non-hydrogen) atoms. The molecule has 0 aliphatic carbocycles. The van der Waals surface area contributed by atoms with E-state index in [1.807, 2.05) is 0 Å². The number of hydrogen-bond donors (Lipinski definition) is 2. The molecule has 2 N–H and O–H groups in total. The first kappa shape index (κ1) is 23.9. The molecule has 3 aromatic heterocycles. The Bertz CT molecular complexity index is 1350. The van der Waals surface area contributed by atoms with E-state index in [2.05, 4.69) is 25.4 Å². The number of aromatic nitrogens is 4. The normalized spacial score (nSPS) is 20.1. The van der Waals surface area contributed by atoms with Crippen LogP contribution in [0.5, 0.6) is 0 Å². The molecule has 2 aliphatic rings. The summed E-state index contributed by atoms with van der Waals surface area (Å²) in [6.45, 7) is 0.0467. The predicted octanol–water partition coefficient (Wildman–Crippen LogP) is 2.72. The molecule has 188 valence electrons. The lowest BCUT2D eigenvalue weighted by molar-refractivity contribution is -0.127. The van der Waals surface area contributed by atoms with Crippen molar-refractivity contribution in [2.24, 2.45) is 4.99 Å². The number of carbonyl (C=O) groups is 1. The number of nitrogens with one attached hydrogen (secondary N) is 1. The van der Waals surface area contributed by atoms with Crippen molar-refractivity contribution in [1.29, 1.82) is 0 Å². The molecule has 1 saturated heterocycles. The lowest BCUT2D eigenvalue weighted by atomic mass is 10.0. The fourth-order valence-electron chi connectivity index (χ4n) is 4.34. The maximum absolute atomic E-state index is 13.1. The van der Waals surface area contributed by atoms with Crippen LogP contribution in [0.3, 0.4) is 0 Å². The Morgan fingerprint density at radius 3 is 2.83 bits per heavy atom. The second-order valence-electron chi connectivity index (χ2n) is 8.71. The minimum absolute atomic E-state index is 0.0123. The molecule has 5 heterocycles. The Balaban J connectivity index is 1.40. The van der Waals surface area contributed by atoms with Crippen LogP contribution in [0.1, 0.15) is 18.4 Å². The summed E-state index contributed by atoms with van der Waals surface area (Å²) in [5, 5.41) is 17.8. The zero-order valence-electron chi connectivity index (χ0n) is 18.8. The van der Waals surface area contributed by atoms with Gasteiger partial charge in [0.2, 0.25) is 11.9 Å². The molecular formula is C23H21F4N7O2. The number of aliphatic hydroxyl groups excluding tert-OH is 1. The van der Waals surface area contributed by atoms with Gasteiger partial charge in [0, 0.05) is 31.8 Å². The molecular weight excluding hydrogens is 482 g/mol. The summed E-state index contributed by atoms with van der Waals surface area (Å²) in [5.41, 5.74) is 1.22. The third-order valence-corrected chi connectivity index (χ3v) is 5.92. The number of hydrogen-bond acceptors (Lipinski definition) is 8. The topological polar surface area (TPSA) is 108 Å². The first-order chi connectivity index (χ1) is 17.1. The Hall–Kier alpha value is -3.87. The highest BCUT2D eigenvalue weighted by Gasteiger charge is 2.38. The number of ketones is 1. The van der Waals surface area contributed by atoms with E-state index in [1.54, 1.807) is 23.2 Å². The van der Waals surface area contributed by atoms with Gasteiger partial charge < -0.3 is 15.3 Å². The molecule has 0 bridgehead atoms. The molecule has 0 unspecified atom stereocenters. The molecule has 2 atom stereocenters. The van der Waals surface area contributed by atoms with Crippen LogP contribution in [0, 0.1) is 5.95 Å². The maximum Gasteiger partial charge on any atom is 0.392 e. The van der Waals surface area contributed by atoms with E-state index < -0.39 is 30.7 Å². The summed E-state index contributed by atoms with van der Waals surface area (Å²) < 4.78 is 52.8. The maximum atomic E-state index is 13.1. The van der Waals surface area contributed by atoms with Crippen LogP contribution >= 0.6 is 0 Å². The highest BCUT2D eigenvalue weighted by Crippen LogP contribution is 2.29. The van der Waals surface area contributed by atoms with Gasteiger partial charge >= 0.3 is 6.18 Å². The van der Waals surface area contributed by atoms with E-state index in [9.17, 15) is 27.5 Å². The van der Waals surface area contributed by atoms with Crippen LogP contribution < -0.4 is 10.2 Å². The number of halogens is 4. The quantitative estimate of drug-likeness (QED) is 0.393. The molecule has 0 spiro atoms. The number of anilines is 2. The van der Waals surface area contributed by atoms with E-state index in [4.69, 9.17) is 0 Å². The number of aliphatic imine (C=N–C) groups is 1. The highest BCUT2D eigenvalue weighted by atomic mass is 19.4. The lowest BCUT2D eigenvalue weighted by Gasteiger charge is -2.24. The molecule has 13 heteroatoms. The fraction of sp³-hybridized carbons (Fsp3) is 0.348. The zero-order valence-corrected chi connectivity index (χ0v) is 18.8. The van der Waals surface area contributed by atoms with Crippen LogP contribution in [0.4, 0.5) is 29.3 Å². The van der Waals surface area contributed by atoms with Crippen LogP contribution in [-0.4, -0.2) is 67.7 Å². The molecule has 1 fully saturated rings. The number of carbonyl (C=O) groups excluding carboxylic acids is 1. The van der Waals surface area contributed by atoms with Crippen molar-refractivity contribution in [1.82, 2.24) is 19.6 Å². The average molecular weight is 503 g/mol. The summed E-state index contributed by atoms with van der Waals surface area (Å²) in [6, 6.07) is 5.37. The monoisotopic (exact) mass is 503 g/mol. The SMILES string of the molecule is O=C(Cc1ccc(F)nc1)[C@@H]1C[C@H](O)CN1c1nc(NC2=NCC(CC(F)(F)F)=C2)c2cccn2n1. The predicted molar refractivity (Wildman–Crippen MR) is 122 cm³/mol.